The summed E-state index contributed by atoms with van der Waals surface area (Å²) in [5.74, 6) is 0.871. The average molecular weight is 198 g/mol. The van der Waals surface area contributed by atoms with Crippen molar-refractivity contribution < 1.29 is 14.2 Å². The number of rotatable bonds is 6. The molecular weight excluding hydrogens is 180 g/mol. The molecule has 0 saturated heterocycles. The normalized spacial score (nSPS) is 13.4. The van der Waals surface area contributed by atoms with E-state index in [0.717, 1.165) is 11.3 Å². The Balaban J connectivity index is 3.94. The Morgan fingerprint density at radius 2 is 1.86 bits per heavy atom. The van der Waals surface area contributed by atoms with Crippen molar-refractivity contribution in [2.45, 2.75) is 13.8 Å². The van der Waals surface area contributed by atoms with Crippen LogP contribution in [0.3, 0.4) is 0 Å². The Morgan fingerprint density at radius 1 is 1.14 bits per heavy atom. The van der Waals surface area contributed by atoms with Gasteiger partial charge in [0, 0.05) is 7.11 Å². The van der Waals surface area contributed by atoms with Gasteiger partial charge in [-0.15, -0.1) is 0 Å². The second-order valence-corrected chi connectivity index (χ2v) is 2.77. The van der Waals surface area contributed by atoms with Crippen molar-refractivity contribution >= 4 is 0 Å². The molecule has 0 radical (unpaired) electrons. The molecule has 80 valence electrons. The Hall–Kier alpha value is -1.22. The SMILES string of the molecule is COCO/C=C/C(C)=C\C=C(/C)OC. The van der Waals surface area contributed by atoms with Gasteiger partial charge in [-0.2, -0.15) is 0 Å². The van der Waals surface area contributed by atoms with Gasteiger partial charge in [-0.25, -0.2) is 0 Å². The molecule has 3 heteroatoms. The molecule has 0 aliphatic carbocycles. The minimum Gasteiger partial charge on any atom is -0.501 e. The maximum Gasteiger partial charge on any atom is 0.187 e. The van der Waals surface area contributed by atoms with Crippen LogP contribution in [0.15, 0.2) is 35.8 Å². The molecule has 0 fully saturated rings. The second-order valence-electron chi connectivity index (χ2n) is 2.77. The number of methoxy groups -OCH3 is 2. The van der Waals surface area contributed by atoms with E-state index >= 15 is 0 Å². The van der Waals surface area contributed by atoms with Crippen LogP contribution in [0.25, 0.3) is 0 Å². The molecule has 0 aromatic heterocycles. The van der Waals surface area contributed by atoms with Gasteiger partial charge in [0.25, 0.3) is 0 Å². The van der Waals surface area contributed by atoms with Crippen molar-refractivity contribution in [2.24, 2.45) is 0 Å². The molecule has 0 amide bonds. The summed E-state index contributed by atoms with van der Waals surface area (Å²) >= 11 is 0. The maximum atomic E-state index is 4.99. The molecule has 0 aromatic rings. The van der Waals surface area contributed by atoms with Crippen LogP contribution in [0.2, 0.25) is 0 Å². The predicted molar refractivity (Wildman–Crippen MR) is 56.6 cm³/mol. The molecular formula is C11H18O3. The molecule has 3 nitrogen and oxygen atoms in total. The molecule has 0 N–H and O–H groups in total. The van der Waals surface area contributed by atoms with Crippen LogP contribution < -0.4 is 0 Å². The summed E-state index contributed by atoms with van der Waals surface area (Å²) in [5.41, 5.74) is 1.08. The van der Waals surface area contributed by atoms with Gasteiger partial charge in [-0.3, -0.25) is 0 Å². The molecule has 0 aliphatic heterocycles. The molecule has 0 heterocycles. The highest BCUT2D eigenvalue weighted by Gasteiger charge is 1.83. The van der Waals surface area contributed by atoms with E-state index in [2.05, 4.69) is 0 Å². The van der Waals surface area contributed by atoms with Gasteiger partial charge >= 0.3 is 0 Å². The minimum absolute atomic E-state index is 0.275. The molecule has 0 rings (SSSR count). The van der Waals surface area contributed by atoms with E-state index in [1.165, 1.54) is 0 Å². The number of hydrogen-bond donors (Lipinski definition) is 0. The largest absolute Gasteiger partial charge is 0.501 e. The summed E-state index contributed by atoms with van der Waals surface area (Å²) in [7, 11) is 3.23. The topological polar surface area (TPSA) is 27.7 Å². The van der Waals surface area contributed by atoms with Gasteiger partial charge in [-0.05, 0) is 31.6 Å². The zero-order chi connectivity index (χ0) is 10.8. The van der Waals surface area contributed by atoms with E-state index in [1.54, 1.807) is 20.5 Å². The molecule has 0 saturated carbocycles. The predicted octanol–water partition coefficient (Wildman–Crippen LogP) is 2.62. The lowest BCUT2D eigenvalue weighted by atomic mass is 10.2. The van der Waals surface area contributed by atoms with Gasteiger partial charge in [0.15, 0.2) is 6.79 Å². The van der Waals surface area contributed by atoms with Crippen molar-refractivity contribution in [1.82, 2.24) is 0 Å². The molecule has 0 atom stereocenters. The first-order valence-corrected chi connectivity index (χ1v) is 4.37. The second kappa shape index (κ2) is 8.38. The standard InChI is InChI=1S/C11H18O3/c1-10(5-6-11(2)13-4)7-8-14-9-12-3/h5-8H,9H2,1-4H3/b8-7+,10-5-,11-6+. The zero-order valence-corrected chi connectivity index (χ0v) is 9.24. The Labute approximate surface area is 85.7 Å². The Bertz CT molecular complexity index is 227. The molecule has 0 unspecified atom stereocenters. The quantitative estimate of drug-likeness (QED) is 0.284. The fourth-order valence-corrected chi connectivity index (χ4v) is 0.635. The number of hydrogen-bond acceptors (Lipinski definition) is 3. The molecule has 14 heavy (non-hydrogen) atoms. The lowest BCUT2D eigenvalue weighted by Gasteiger charge is -1.97. The Kier molecular flexibility index (Phi) is 7.65. The highest BCUT2D eigenvalue weighted by atomic mass is 16.7. The maximum absolute atomic E-state index is 4.99. The van der Waals surface area contributed by atoms with Crippen LogP contribution >= 0.6 is 0 Å². The van der Waals surface area contributed by atoms with Gasteiger partial charge in [-0.1, -0.05) is 6.08 Å². The monoisotopic (exact) mass is 198 g/mol. The van der Waals surface area contributed by atoms with Crippen LogP contribution in [0.5, 0.6) is 0 Å². The first-order valence-electron chi connectivity index (χ1n) is 4.37. The highest BCUT2D eigenvalue weighted by molar-refractivity contribution is 5.21. The van der Waals surface area contributed by atoms with Crippen molar-refractivity contribution in [3.8, 4) is 0 Å². The third kappa shape index (κ3) is 7.43. The highest BCUT2D eigenvalue weighted by Crippen LogP contribution is 1.99. The molecule has 0 spiro atoms. The van der Waals surface area contributed by atoms with E-state index < -0.39 is 0 Å². The smallest absolute Gasteiger partial charge is 0.187 e. The van der Waals surface area contributed by atoms with E-state index in [4.69, 9.17) is 14.2 Å². The fraction of sp³-hybridized carbons (Fsp3) is 0.455. The van der Waals surface area contributed by atoms with Gasteiger partial charge in [0.05, 0.1) is 19.1 Å². The van der Waals surface area contributed by atoms with E-state index in [0.29, 0.717) is 0 Å². The third-order valence-electron chi connectivity index (χ3n) is 1.52. The van der Waals surface area contributed by atoms with Crippen molar-refractivity contribution in [1.29, 1.82) is 0 Å². The lowest BCUT2D eigenvalue weighted by molar-refractivity contribution is 0.0199. The number of allylic oxidation sites excluding steroid dienone is 5. The van der Waals surface area contributed by atoms with Crippen LogP contribution in [-0.4, -0.2) is 21.0 Å². The van der Waals surface area contributed by atoms with Gasteiger partial charge < -0.3 is 14.2 Å². The van der Waals surface area contributed by atoms with E-state index in [-0.39, 0.29) is 6.79 Å². The summed E-state index contributed by atoms with van der Waals surface area (Å²) in [6, 6.07) is 0. The Morgan fingerprint density at radius 3 is 2.43 bits per heavy atom. The van der Waals surface area contributed by atoms with E-state index in [1.807, 2.05) is 32.1 Å². The number of ether oxygens (including phenoxy) is 3. The van der Waals surface area contributed by atoms with Crippen molar-refractivity contribution in [2.75, 3.05) is 21.0 Å². The fourth-order valence-electron chi connectivity index (χ4n) is 0.635. The van der Waals surface area contributed by atoms with Crippen LogP contribution in [0, 0.1) is 0 Å². The van der Waals surface area contributed by atoms with Gasteiger partial charge in [0.1, 0.15) is 0 Å². The first-order chi connectivity index (χ1) is 6.70. The molecule has 0 aromatic carbocycles. The van der Waals surface area contributed by atoms with Gasteiger partial charge in [0.2, 0.25) is 0 Å². The summed E-state index contributed by atoms with van der Waals surface area (Å²) in [5, 5.41) is 0. The molecule has 0 bridgehead atoms. The lowest BCUT2D eigenvalue weighted by Crippen LogP contribution is -1.88. The third-order valence-corrected chi connectivity index (χ3v) is 1.52. The molecule has 0 aliphatic rings. The average Bonchev–Trinajstić information content (AvgIpc) is 2.21. The van der Waals surface area contributed by atoms with Crippen LogP contribution in [0.1, 0.15) is 13.8 Å². The summed E-state index contributed by atoms with van der Waals surface area (Å²) in [6.45, 7) is 4.15. The minimum atomic E-state index is 0.275. The van der Waals surface area contributed by atoms with Crippen molar-refractivity contribution in [3.63, 3.8) is 0 Å². The summed E-state index contributed by atoms with van der Waals surface area (Å²) < 4.78 is 14.7. The van der Waals surface area contributed by atoms with Crippen LogP contribution in [-0.2, 0) is 14.2 Å². The van der Waals surface area contributed by atoms with E-state index in [9.17, 15) is 0 Å². The van der Waals surface area contributed by atoms with Crippen LogP contribution in [0.4, 0.5) is 0 Å². The zero-order valence-electron chi connectivity index (χ0n) is 9.24. The van der Waals surface area contributed by atoms with Crippen molar-refractivity contribution in [3.05, 3.63) is 35.8 Å². The first kappa shape index (κ1) is 12.8. The summed E-state index contributed by atoms with van der Waals surface area (Å²) in [6.07, 6.45) is 7.31. The summed E-state index contributed by atoms with van der Waals surface area (Å²) in [4.78, 5) is 0.